The molecule has 0 spiro atoms. The highest BCUT2D eigenvalue weighted by Crippen LogP contribution is 2.22. The van der Waals surface area contributed by atoms with Gasteiger partial charge in [0.1, 0.15) is 11.6 Å². The van der Waals surface area contributed by atoms with Crippen LogP contribution in [-0.2, 0) is 0 Å². The molecule has 3 aromatic rings. The largest absolute Gasteiger partial charge is 0.384 e. The molecule has 5 heteroatoms. The number of aryl methyl sites for hydroxylation is 3. The summed E-state index contributed by atoms with van der Waals surface area (Å²) in [6.45, 7) is 7.74. The second-order valence-corrected chi connectivity index (χ2v) is 6.03. The van der Waals surface area contributed by atoms with E-state index in [0.717, 1.165) is 53.4 Å². The van der Waals surface area contributed by atoms with Gasteiger partial charge in [-0.05, 0) is 44.9 Å². The van der Waals surface area contributed by atoms with Crippen LogP contribution in [0.5, 0.6) is 0 Å². The van der Waals surface area contributed by atoms with Gasteiger partial charge in [0.05, 0.1) is 5.52 Å². The molecule has 0 unspecified atom stereocenters. The van der Waals surface area contributed by atoms with E-state index in [0.29, 0.717) is 0 Å². The van der Waals surface area contributed by atoms with Crippen LogP contribution in [0, 0.1) is 20.8 Å². The number of fused-ring (bicyclic) bond motifs is 1. The van der Waals surface area contributed by atoms with Crippen molar-refractivity contribution in [1.29, 1.82) is 0 Å². The van der Waals surface area contributed by atoms with Gasteiger partial charge in [-0.15, -0.1) is 0 Å². The first-order valence-electron chi connectivity index (χ1n) is 8.27. The van der Waals surface area contributed by atoms with Gasteiger partial charge in [0.15, 0.2) is 0 Å². The van der Waals surface area contributed by atoms with Gasteiger partial charge in [0, 0.05) is 42.1 Å². The lowest BCUT2D eigenvalue weighted by Crippen LogP contribution is -2.11. The molecule has 124 valence electrons. The van der Waals surface area contributed by atoms with E-state index in [1.54, 1.807) is 0 Å². The lowest BCUT2D eigenvalue weighted by atomic mass is 10.1. The predicted octanol–water partition coefficient (Wildman–Crippen LogP) is 3.86. The van der Waals surface area contributed by atoms with E-state index in [4.69, 9.17) is 0 Å². The minimum Gasteiger partial charge on any atom is -0.384 e. The van der Waals surface area contributed by atoms with Gasteiger partial charge in [-0.3, -0.25) is 4.98 Å². The van der Waals surface area contributed by atoms with Gasteiger partial charge < -0.3 is 10.6 Å². The van der Waals surface area contributed by atoms with Crippen molar-refractivity contribution in [1.82, 2.24) is 15.0 Å². The maximum absolute atomic E-state index is 4.44. The molecule has 0 saturated carbocycles. The molecule has 5 nitrogen and oxygen atoms in total. The first kappa shape index (κ1) is 16.2. The van der Waals surface area contributed by atoms with Crippen LogP contribution in [0.2, 0.25) is 0 Å². The van der Waals surface area contributed by atoms with Crippen molar-refractivity contribution in [2.75, 3.05) is 23.7 Å². The first-order chi connectivity index (χ1) is 11.6. The SMILES string of the molecule is Cc1ccc2c(NCCCNc3cc(C)nc(C)n3)ccnc2c1. The fraction of sp³-hybridized carbons (Fsp3) is 0.316. The Bertz CT molecular complexity index is 824. The van der Waals surface area contributed by atoms with E-state index in [9.17, 15) is 0 Å². The molecule has 0 saturated heterocycles. The Balaban J connectivity index is 1.53. The van der Waals surface area contributed by atoms with Gasteiger partial charge in [-0.25, -0.2) is 9.97 Å². The maximum atomic E-state index is 4.44. The Kier molecular flexibility index (Phi) is 4.89. The number of nitrogens with zero attached hydrogens (tertiary/aromatic N) is 3. The summed E-state index contributed by atoms with van der Waals surface area (Å²) in [4.78, 5) is 13.1. The normalized spacial score (nSPS) is 10.8. The molecule has 2 heterocycles. The third kappa shape index (κ3) is 3.98. The Morgan fingerprint density at radius 3 is 2.58 bits per heavy atom. The van der Waals surface area contributed by atoms with Crippen LogP contribution < -0.4 is 10.6 Å². The zero-order chi connectivity index (χ0) is 16.9. The van der Waals surface area contributed by atoms with Gasteiger partial charge in [0.25, 0.3) is 0 Å². The molecule has 24 heavy (non-hydrogen) atoms. The molecule has 3 rings (SSSR count). The van der Waals surface area contributed by atoms with Crippen LogP contribution in [-0.4, -0.2) is 28.0 Å². The highest BCUT2D eigenvalue weighted by atomic mass is 15.0. The van der Waals surface area contributed by atoms with Crippen molar-refractivity contribution in [3.8, 4) is 0 Å². The smallest absolute Gasteiger partial charge is 0.129 e. The van der Waals surface area contributed by atoms with Crippen LogP contribution in [0.25, 0.3) is 10.9 Å². The molecule has 2 aromatic heterocycles. The summed E-state index contributed by atoms with van der Waals surface area (Å²) in [6, 6.07) is 10.4. The summed E-state index contributed by atoms with van der Waals surface area (Å²) < 4.78 is 0. The van der Waals surface area contributed by atoms with E-state index in [-0.39, 0.29) is 0 Å². The third-order valence-electron chi connectivity index (χ3n) is 3.84. The molecular weight excluding hydrogens is 298 g/mol. The lowest BCUT2D eigenvalue weighted by Gasteiger charge is -2.11. The highest BCUT2D eigenvalue weighted by molar-refractivity contribution is 5.91. The fourth-order valence-corrected chi connectivity index (χ4v) is 2.75. The quantitative estimate of drug-likeness (QED) is 0.675. The number of benzene rings is 1. The zero-order valence-electron chi connectivity index (χ0n) is 14.4. The second kappa shape index (κ2) is 7.25. The fourth-order valence-electron chi connectivity index (χ4n) is 2.75. The van der Waals surface area contributed by atoms with Crippen LogP contribution in [0.15, 0.2) is 36.5 Å². The average Bonchev–Trinajstić information content (AvgIpc) is 2.53. The van der Waals surface area contributed by atoms with Crippen molar-refractivity contribution in [3.05, 3.63) is 53.6 Å². The van der Waals surface area contributed by atoms with Gasteiger partial charge >= 0.3 is 0 Å². The van der Waals surface area contributed by atoms with Crippen molar-refractivity contribution < 1.29 is 0 Å². The van der Waals surface area contributed by atoms with E-state index in [1.165, 1.54) is 5.56 Å². The molecule has 0 aliphatic heterocycles. The second-order valence-electron chi connectivity index (χ2n) is 6.03. The Morgan fingerprint density at radius 2 is 1.75 bits per heavy atom. The van der Waals surface area contributed by atoms with Crippen LogP contribution in [0.3, 0.4) is 0 Å². The third-order valence-corrected chi connectivity index (χ3v) is 3.84. The molecule has 0 aliphatic rings. The zero-order valence-corrected chi connectivity index (χ0v) is 14.4. The van der Waals surface area contributed by atoms with Gasteiger partial charge in [0.2, 0.25) is 0 Å². The molecule has 0 aliphatic carbocycles. The number of hydrogen-bond acceptors (Lipinski definition) is 5. The average molecular weight is 321 g/mol. The molecule has 0 radical (unpaired) electrons. The number of aromatic nitrogens is 3. The number of hydrogen-bond donors (Lipinski definition) is 2. The molecule has 2 N–H and O–H groups in total. The van der Waals surface area contributed by atoms with Crippen molar-refractivity contribution >= 4 is 22.4 Å². The summed E-state index contributed by atoms with van der Waals surface area (Å²) >= 11 is 0. The minimum atomic E-state index is 0.800. The monoisotopic (exact) mass is 321 g/mol. The van der Waals surface area contributed by atoms with E-state index < -0.39 is 0 Å². The van der Waals surface area contributed by atoms with Crippen molar-refractivity contribution in [3.63, 3.8) is 0 Å². The van der Waals surface area contributed by atoms with E-state index in [1.807, 2.05) is 32.2 Å². The van der Waals surface area contributed by atoms with Crippen LogP contribution >= 0.6 is 0 Å². The number of nitrogens with one attached hydrogen (secondary N) is 2. The number of rotatable bonds is 6. The van der Waals surface area contributed by atoms with Gasteiger partial charge in [-0.2, -0.15) is 0 Å². The van der Waals surface area contributed by atoms with E-state index >= 15 is 0 Å². The highest BCUT2D eigenvalue weighted by Gasteiger charge is 2.02. The number of pyridine rings is 1. The standard InChI is InChI=1S/C19H23N5/c1-13-5-6-16-17(7-10-21-18(16)11-13)20-8-4-9-22-19-12-14(2)23-15(3)24-19/h5-7,10-12H,4,8-9H2,1-3H3,(H,20,21)(H,22,23,24). The number of anilines is 2. The molecule has 0 atom stereocenters. The Labute approximate surface area is 142 Å². The summed E-state index contributed by atoms with van der Waals surface area (Å²) in [6.07, 6.45) is 2.85. The van der Waals surface area contributed by atoms with Gasteiger partial charge in [-0.1, -0.05) is 12.1 Å². The topological polar surface area (TPSA) is 62.7 Å². The molecule has 0 bridgehead atoms. The molecule has 0 fully saturated rings. The van der Waals surface area contributed by atoms with Crippen molar-refractivity contribution in [2.24, 2.45) is 0 Å². The Hall–Kier alpha value is -2.69. The Morgan fingerprint density at radius 1 is 0.917 bits per heavy atom. The summed E-state index contributed by atoms with van der Waals surface area (Å²) in [5.74, 6) is 1.69. The predicted molar refractivity (Wildman–Crippen MR) is 99.6 cm³/mol. The van der Waals surface area contributed by atoms with Crippen LogP contribution in [0.1, 0.15) is 23.5 Å². The molecular formula is C19H23N5. The van der Waals surface area contributed by atoms with Crippen LogP contribution in [0.4, 0.5) is 11.5 Å². The summed E-state index contributed by atoms with van der Waals surface area (Å²) in [5, 5.41) is 8.02. The lowest BCUT2D eigenvalue weighted by molar-refractivity contribution is 0.896. The maximum Gasteiger partial charge on any atom is 0.129 e. The molecule has 0 amide bonds. The van der Waals surface area contributed by atoms with Crippen molar-refractivity contribution in [2.45, 2.75) is 27.2 Å². The summed E-state index contributed by atoms with van der Waals surface area (Å²) in [5.41, 5.74) is 4.38. The summed E-state index contributed by atoms with van der Waals surface area (Å²) in [7, 11) is 0. The minimum absolute atomic E-state index is 0.800. The first-order valence-corrected chi connectivity index (χ1v) is 8.27. The molecule has 1 aromatic carbocycles. The van der Waals surface area contributed by atoms with E-state index in [2.05, 4.69) is 50.7 Å².